The van der Waals surface area contributed by atoms with E-state index in [-0.39, 0.29) is 5.91 Å². The Morgan fingerprint density at radius 1 is 1.50 bits per heavy atom. The van der Waals surface area contributed by atoms with E-state index >= 15 is 0 Å². The lowest BCUT2D eigenvalue weighted by Gasteiger charge is -2.14. The molecule has 0 radical (unpaired) electrons. The molecule has 1 atom stereocenters. The quantitative estimate of drug-likeness (QED) is 0.723. The van der Waals surface area contributed by atoms with Gasteiger partial charge in [-0.05, 0) is 25.3 Å². The summed E-state index contributed by atoms with van der Waals surface area (Å²) in [5, 5.41) is 5.77. The van der Waals surface area contributed by atoms with Crippen molar-refractivity contribution in [1.82, 2.24) is 10.3 Å². The fourth-order valence-corrected chi connectivity index (χ4v) is 2.57. The standard InChI is InChI=1S/C13H23N3OS/c1-2-3-11(6-7-14)4-5-12(17)16-10-13-15-8-9-18-13/h8-9,11H,2-7,10,14H2,1H3,(H,16,17). The number of nitrogens with zero attached hydrogens (tertiary/aromatic N) is 1. The first-order valence-corrected chi connectivity index (χ1v) is 7.49. The Morgan fingerprint density at radius 3 is 2.94 bits per heavy atom. The summed E-state index contributed by atoms with van der Waals surface area (Å²) >= 11 is 1.56. The summed E-state index contributed by atoms with van der Waals surface area (Å²) in [7, 11) is 0. The molecule has 0 fully saturated rings. The summed E-state index contributed by atoms with van der Waals surface area (Å²) in [5.74, 6) is 0.703. The van der Waals surface area contributed by atoms with Crippen molar-refractivity contribution in [2.75, 3.05) is 6.54 Å². The minimum Gasteiger partial charge on any atom is -0.350 e. The summed E-state index contributed by atoms with van der Waals surface area (Å²) in [6.45, 7) is 3.43. The average Bonchev–Trinajstić information content (AvgIpc) is 2.87. The SMILES string of the molecule is CCCC(CCN)CCC(=O)NCc1nccs1. The molecule has 0 saturated carbocycles. The fourth-order valence-electron chi connectivity index (χ4n) is 2.02. The zero-order chi connectivity index (χ0) is 13.2. The molecule has 3 N–H and O–H groups in total. The predicted molar refractivity (Wildman–Crippen MR) is 75.3 cm³/mol. The number of thiazole rings is 1. The number of carbonyl (C=O) groups is 1. The number of aromatic nitrogens is 1. The lowest BCUT2D eigenvalue weighted by Crippen LogP contribution is -2.23. The first-order valence-electron chi connectivity index (χ1n) is 6.61. The van der Waals surface area contributed by atoms with Crippen LogP contribution in [0.1, 0.15) is 44.0 Å². The van der Waals surface area contributed by atoms with Crippen molar-refractivity contribution in [3.63, 3.8) is 0 Å². The topological polar surface area (TPSA) is 68.0 Å². The Kier molecular flexibility index (Phi) is 7.60. The van der Waals surface area contributed by atoms with Crippen LogP contribution in [-0.4, -0.2) is 17.4 Å². The van der Waals surface area contributed by atoms with Crippen LogP contribution in [0.5, 0.6) is 0 Å². The van der Waals surface area contributed by atoms with Gasteiger partial charge in [-0.3, -0.25) is 4.79 Å². The normalized spacial score (nSPS) is 12.3. The van der Waals surface area contributed by atoms with Crippen molar-refractivity contribution in [2.45, 2.75) is 45.6 Å². The van der Waals surface area contributed by atoms with E-state index in [2.05, 4.69) is 17.2 Å². The summed E-state index contributed by atoms with van der Waals surface area (Å²) in [4.78, 5) is 15.8. The molecule has 1 heterocycles. The molecule has 0 aliphatic rings. The fraction of sp³-hybridized carbons (Fsp3) is 0.692. The second-order valence-electron chi connectivity index (χ2n) is 4.47. The molecule has 0 spiro atoms. The third kappa shape index (κ3) is 6.12. The zero-order valence-corrected chi connectivity index (χ0v) is 11.8. The largest absolute Gasteiger partial charge is 0.350 e. The van der Waals surface area contributed by atoms with Crippen molar-refractivity contribution in [3.8, 4) is 0 Å². The maximum Gasteiger partial charge on any atom is 0.220 e. The van der Waals surface area contributed by atoms with Crippen LogP contribution in [0.4, 0.5) is 0 Å². The molecule has 0 saturated heterocycles. The number of nitrogens with two attached hydrogens (primary N) is 1. The van der Waals surface area contributed by atoms with E-state index in [1.807, 2.05) is 5.38 Å². The third-order valence-corrected chi connectivity index (χ3v) is 3.75. The highest BCUT2D eigenvalue weighted by molar-refractivity contribution is 7.09. The minimum absolute atomic E-state index is 0.114. The Bertz CT molecular complexity index is 321. The van der Waals surface area contributed by atoms with E-state index in [4.69, 9.17) is 5.73 Å². The van der Waals surface area contributed by atoms with Gasteiger partial charge in [0.15, 0.2) is 0 Å². The van der Waals surface area contributed by atoms with Crippen LogP contribution >= 0.6 is 11.3 Å². The molecule has 102 valence electrons. The van der Waals surface area contributed by atoms with Crippen LogP contribution in [0.2, 0.25) is 0 Å². The Morgan fingerprint density at radius 2 is 2.33 bits per heavy atom. The molecular weight excluding hydrogens is 246 g/mol. The van der Waals surface area contributed by atoms with E-state index in [0.717, 1.165) is 30.7 Å². The molecule has 1 aromatic heterocycles. The number of hydrogen-bond acceptors (Lipinski definition) is 4. The molecule has 5 heteroatoms. The van der Waals surface area contributed by atoms with Crippen LogP contribution in [0.3, 0.4) is 0 Å². The summed E-state index contributed by atoms with van der Waals surface area (Å²) < 4.78 is 0. The van der Waals surface area contributed by atoms with E-state index < -0.39 is 0 Å². The number of nitrogens with one attached hydrogen (secondary N) is 1. The predicted octanol–water partition coefficient (Wildman–Crippen LogP) is 2.30. The Balaban J connectivity index is 2.18. The zero-order valence-electron chi connectivity index (χ0n) is 11.0. The molecule has 1 rings (SSSR count). The molecule has 1 unspecified atom stereocenters. The van der Waals surface area contributed by atoms with Crippen LogP contribution < -0.4 is 11.1 Å². The average molecular weight is 269 g/mol. The molecule has 18 heavy (non-hydrogen) atoms. The molecule has 0 aromatic carbocycles. The van der Waals surface area contributed by atoms with Gasteiger partial charge in [0.1, 0.15) is 5.01 Å². The second-order valence-corrected chi connectivity index (χ2v) is 5.45. The van der Waals surface area contributed by atoms with E-state index in [1.54, 1.807) is 17.5 Å². The van der Waals surface area contributed by atoms with E-state index in [9.17, 15) is 4.79 Å². The van der Waals surface area contributed by atoms with Gasteiger partial charge < -0.3 is 11.1 Å². The monoisotopic (exact) mass is 269 g/mol. The third-order valence-electron chi connectivity index (χ3n) is 2.97. The second kappa shape index (κ2) is 9.05. The van der Waals surface area contributed by atoms with Crippen LogP contribution in [0, 0.1) is 5.92 Å². The number of rotatable bonds is 9. The summed E-state index contributed by atoms with van der Waals surface area (Å²) in [5.41, 5.74) is 5.58. The van der Waals surface area contributed by atoms with Gasteiger partial charge in [-0.25, -0.2) is 4.98 Å². The molecule has 0 bridgehead atoms. The van der Waals surface area contributed by atoms with Crippen LogP contribution in [0.15, 0.2) is 11.6 Å². The number of amides is 1. The molecule has 1 amide bonds. The Hall–Kier alpha value is -0.940. The van der Waals surface area contributed by atoms with Gasteiger partial charge in [0.05, 0.1) is 6.54 Å². The van der Waals surface area contributed by atoms with Gasteiger partial charge in [0.2, 0.25) is 5.91 Å². The van der Waals surface area contributed by atoms with E-state index in [1.165, 1.54) is 0 Å². The van der Waals surface area contributed by atoms with Crippen molar-refractivity contribution in [1.29, 1.82) is 0 Å². The van der Waals surface area contributed by atoms with E-state index in [0.29, 0.717) is 25.4 Å². The van der Waals surface area contributed by atoms with Gasteiger partial charge in [-0.1, -0.05) is 19.8 Å². The number of carbonyl (C=O) groups excluding carboxylic acids is 1. The van der Waals surface area contributed by atoms with Gasteiger partial charge in [-0.15, -0.1) is 11.3 Å². The summed E-state index contributed by atoms with van der Waals surface area (Å²) in [6.07, 6.45) is 6.63. The van der Waals surface area contributed by atoms with Crippen molar-refractivity contribution in [3.05, 3.63) is 16.6 Å². The van der Waals surface area contributed by atoms with Crippen LogP contribution in [-0.2, 0) is 11.3 Å². The van der Waals surface area contributed by atoms with Gasteiger partial charge in [-0.2, -0.15) is 0 Å². The van der Waals surface area contributed by atoms with Crippen molar-refractivity contribution >= 4 is 17.2 Å². The molecule has 4 nitrogen and oxygen atoms in total. The maximum absolute atomic E-state index is 11.7. The number of hydrogen-bond donors (Lipinski definition) is 2. The highest BCUT2D eigenvalue weighted by Gasteiger charge is 2.10. The lowest BCUT2D eigenvalue weighted by molar-refractivity contribution is -0.121. The van der Waals surface area contributed by atoms with Crippen molar-refractivity contribution in [2.24, 2.45) is 11.7 Å². The highest BCUT2D eigenvalue weighted by Crippen LogP contribution is 2.16. The van der Waals surface area contributed by atoms with Gasteiger partial charge in [0.25, 0.3) is 0 Å². The molecule has 1 aromatic rings. The van der Waals surface area contributed by atoms with Crippen LogP contribution in [0.25, 0.3) is 0 Å². The smallest absolute Gasteiger partial charge is 0.220 e. The summed E-state index contributed by atoms with van der Waals surface area (Å²) in [6, 6.07) is 0. The molecule has 0 aliphatic heterocycles. The molecular formula is C13H23N3OS. The lowest BCUT2D eigenvalue weighted by atomic mass is 9.94. The maximum atomic E-state index is 11.7. The van der Waals surface area contributed by atoms with Gasteiger partial charge >= 0.3 is 0 Å². The Labute approximate surface area is 113 Å². The molecule has 0 aliphatic carbocycles. The highest BCUT2D eigenvalue weighted by atomic mass is 32.1. The first kappa shape index (κ1) is 15.1. The van der Waals surface area contributed by atoms with Gasteiger partial charge in [0, 0.05) is 18.0 Å². The first-order chi connectivity index (χ1) is 8.76. The minimum atomic E-state index is 0.114. The van der Waals surface area contributed by atoms with Crippen molar-refractivity contribution < 1.29 is 4.79 Å².